The van der Waals surface area contributed by atoms with Gasteiger partial charge in [0.2, 0.25) is 5.91 Å². The number of aryl methyl sites for hydroxylation is 1. The fourth-order valence-electron chi connectivity index (χ4n) is 2.11. The standard InChI is InChI=1S/C18H19IN2O2/c19-16-9-5-4-8-15(16)18(23)21-13-12-20-17(22)11-10-14-6-2-1-3-7-14/h1-9H,10-13H2,(H,20,22)(H,21,23). The number of carbonyl (C=O) groups is 2. The Morgan fingerprint density at radius 3 is 2.26 bits per heavy atom. The van der Waals surface area contributed by atoms with Crippen molar-refractivity contribution in [3.8, 4) is 0 Å². The third-order valence-electron chi connectivity index (χ3n) is 3.33. The summed E-state index contributed by atoms with van der Waals surface area (Å²) in [5, 5.41) is 5.63. The van der Waals surface area contributed by atoms with Gasteiger partial charge in [0, 0.05) is 23.1 Å². The first kappa shape index (κ1) is 17.5. The molecule has 2 amide bonds. The van der Waals surface area contributed by atoms with Crippen LogP contribution >= 0.6 is 22.6 Å². The van der Waals surface area contributed by atoms with Gasteiger partial charge in [0.15, 0.2) is 0 Å². The molecule has 0 bridgehead atoms. The molecule has 0 unspecified atom stereocenters. The van der Waals surface area contributed by atoms with Crippen molar-refractivity contribution >= 4 is 34.4 Å². The van der Waals surface area contributed by atoms with E-state index in [0.717, 1.165) is 15.6 Å². The highest BCUT2D eigenvalue weighted by atomic mass is 127. The van der Waals surface area contributed by atoms with Gasteiger partial charge in [-0.3, -0.25) is 9.59 Å². The molecule has 0 atom stereocenters. The van der Waals surface area contributed by atoms with Crippen LogP contribution in [0.3, 0.4) is 0 Å². The lowest BCUT2D eigenvalue weighted by molar-refractivity contribution is -0.121. The number of hydrogen-bond acceptors (Lipinski definition) is 2. The Kier molecular flexibility index (Phi) is 7.06. The average Bonchev–Trinajstić information content (AvgIpc) is 2.58. The van der Waals surface area contributed by atoms with Crippen molar-refractivity contribution in [3.63, 3.8) is 0 Å². The SMILES string of the molecule is O=C(CCc1ccccc1)NCCNC(=O)c1ccccc1I. The van der Waals surface area contributed by atoms with Gasteiger partial charge in [-0.2, -0.15) is 0 Å². The average molecular weight is 422 g/mol. The highest BCUT2D eigenvalue weighted by Crippen LogP contribution is 2.10. The second-order valence-electron chi connectivity index (χ2n) is 5.07. The van der Waals surface area contributed by atoms with Crippen molar-refractivity contribution in [2.24, 2.45) is 0 Å². The summed E-state index contributed by atoms with van der Waals surface area (Å²) in [6.07, 6.45) is 1.18. The maximum atomic E-state index is 12.0. The predicted octanol–water partition coefficient (Wildman–Crippen LogP) is 2.77. The summed E-state index contributed by atoms with van der Waals surface area (Å²) in [5.74, 6) is -0.120. The second-order valence-corrected chi connectivity index (χ2v) is 6.23. The Bertz CT molecular complexity index is 659. The van der Waals surface area contributed by atoms with Gasteiger partial charge in [0.25, 0.3) is 5.91 Å². The van der Waals surface area contributed by atoms with Crippen LogP contribution in [0.1, 0.15) is 22.3 Å². The molecule has 0 radical (unpaired) electrons. The number of nitrogens with one attached hydrogen (secondary N) is 2. The van der Waals surface area contributed by atoms with Crippen molar-refractivity contribution in [2.45, 2.75) is 12.8 Å². The van der Waals surface area contributed by atoms with Crippen LogP contribution in [0.5, 0.6) is 0 Å². The summed E-state index contributed by atoms with van der Waals surface area (Å²) in [5.41, 5.74) is 1.80. The number of halogens is 1. The molecule has 2 aromatic rings. The molecule has 0 aliphatic rings. The highest BCUT2D eigenvalue weighted by Gasteiger charge is 2.08. The Morgan fingerprint density at radius 2 is 1.52 bits per heavy atom. The fraction of sp³-hybridized carbons (Fsp3) is 0.222. The van der Waals surface area contributed by atoms with E-state index < -0.39 is 0 Å². The first-order valence-corrected chi connectivity index (χ1v) is 8.58. The van der Waals surface area contributed by atoms with Crippen LogP contribution in [0.15, 0.2) is 54.6 Å². The lowest BCUT2D eigenvalue weighted by Gasteiger charge is -2.08. The second kappa shape index (κ2) is 9.29. The number of benzene rings is 2. The summed E-state index contributed by atoms with van der Waals surface area (Å²) in [6.45, 7) is 0.851. The Morgan fingerprint density at radius 1 is 0.870 bits per heavy atom. The molecule has 2 rings (SSSR count). The van der Waals surface area contributed by atoms with E-state index in [0.29, 0.717) is 25.1 Å². The van der Waals surface area contributed by atoms with Crippen LogP contribution in [0, 0.1) is 3.57 Å². The fourth-order valence-corrected chi connectivity index (χ4v) is 2.74. The van der Waals surface area contributed by atoms with Crippen molar-refractivity contribution in [2.75, 3.05) is 13.1 Å². The molecule has 0 aliphatic heterocycles. The van der Waals surface area contributed by atoms with Gasteiger partial charge in [0.05, 0.1) is 5.56 Å². The van der Waals surface area contributed by atoms with Crippen molar-refractivity contribution in [1.82, 2.24) is 10.6 Å². The van der Waals surface area contributed by atoms with Crippen LogP contribution in [0.25, 0.3) is 0 Å². The van der Waals surface area contributed by atoms with Gasteiger partial charge < -0.3 is 10.6 Å². The van der Waals surface area contributed by atoms with Gasteiger partial charge in [0.1, 0.15) is 0 Å². The zero-order valence-electron chi connectivity index (χ0n) is 12.7. The molecule has 0 spiro atoms. The number of hydrogen-bond donors (Lipinski definition) is 2. The lowest BCUT2D eigenvalue weighted by Crippen LogP contribution is -2.35. The van der Waals surface area contributed by atoms with Gasteiger partial charge in [-0.05, 0) is 46.7 Å². The topological polar surface area (TPSA) is 58.2 Å². The summed E-state index contributed by atoms with van der Waals surface area (Å²) < 4.78 is 0.912. The maximum absolute atomic E-state index is 12.0. The predicted molar refractivity (Wildman–Crippen MR) is 99.3 cm³/mol. The summed E-state index contributed by atoms with van der Waals surface area (Å²) in [7, 11) is 0. The first-order valence-electron chi connectivity index (χ1n) is 7.50. The smallest absolute Gasteiger partial charge is 0.252 e. The van der Waals surface area contributed by atoms with E-state index in [-0.39, 0.29) is 11.8 Å². The molecule has 0 fully saturated rings. The number of rotatable bonds is 7. The molecular formula is C18H19IN2O2. The van der Waals surface area contributed by atoms with E-state index in [4.69, 9.17) is 0 Å². The lowest BCUT2D eigenvalue weighted by atomic mass is 10.1. The van der Waals surface area contributed by atoms with E-state index in [1.54, 1.807) is 6.07 Å². The molecule has 0 saturated heterocycles. The van der Waals surface area contributed by atoms with Crippen molar-refractivity contribution in [1.29, 1.82) is 0 Å². The maximum Gasteiger partial charge on any atom is 0.252 e. The minimum Gasteiger partial charge on any atom is -0.354 e. The molecular weight excluding hydrogens is 403 g/mol. The third-order valence-corrected chi connectivity index (χ3v) is 4.28. The minimum absolute atomic E-state index is 0.00241. The molecule has 0 aliphatic carbocycles. The highest BCUT2D eigenvalue weighted by molar-refractivity contribution is 14.1. The van der Waals surface area contributed by atoms with Gasteiger partial charge in [-0.1, -0.05) is 42.5 Å². The first-order chi connectivity index (χ1) is 11.2. The van der Waals surface area contributed by atoms with Crippen molar-refractivity contribution < 1.29 is 9.59 Å². The van der Waals surface area contributed by atoms with E-state index in [9.17, 15) is 9.59 Å². The van der Waals surface area contributed by atoms with Crippen LogP contribution in [-0.2, 0) is 11.2 Å². The molecule has 120 valence electrons. The zero-order valence-corrected chi connectivity index (χ0v) is 14.9. The molecule has 23 heavy (non-hydrogen) atoms. The van der Waals surface area contributed by atoms with Gasteiger partial charge >= 0.3 is 0 Å². The van der Waals surface area contributed by atoms with E-state index in [1.165, 1.54) is 0 Å². The van der Waals surface area contributed by atoms with E-state index in [1.807, 2.05) is 48.5 Å². The van der Waals surface area contributed by atoms with E-state index in [2.05, 4.69) is 33.2 Å². The Labute approximate surface area is 149 Å². The monoisotopic (exact) mass is 422 g/mol. The quantitative estimate of drug-likeness (QED) is 0.533. The number of amides is 2. The normalized spacial score (nSPS) is 10.1. The molecule has 5 heteroatoms. The van der Waals surface area contributed by atoms with E-state index >= 15 is 0 Å². The third kappa shape index (κ3) is 6.02. The summed E-state index contributed by atoms with van der Waals surface area (Å²) in [4.78, 5) is 23.8. The minimum atomic E-state index is -0.117. The van der Waals surface area contributed by atoms with Gasteiger partial charge in [-0.25, -0.2) is 0 Å². The largest absolute Gasteiger partial charge is 0.354 e. The molecule has 0 saturated carbocycles. The Hall–Kier alpha value is -1.89. The molecule has 0 aromatic heterocycles. The van der Waals surface area contributed by atoms with Crippen LogP contribution in [-0.4, -0.2) is 24.9 Å². The molecule has 2 aromatic carbocycles. The zero-order chi connectivity index (χ0) is 16.5. The van der Waals surface area contributed by atoms with Crippen LogP contribution in [0.2, 0.25) is 0 Å². The molecule has 4 nitrogen and oxygen atoms in total. The van der Waals surface area contributed by atoms with Gasteiger partial charge in [-0.15, -0.1) is 0 Å². The van der Waals surface area contributed by atoms with Crippen LogP contribution < -0.4 is 10.6 Å². The molecule has 0 heterocycles. The van der Waals surface area contributed by atoms with Crippen molar-refractivity contribution in [3.05, 3.63) is 69.3 Å². The number of carbonyl (C=O) groups excluding carboxylic acids is 2. The Balaban J connectivity index is 1.64. The molecule has 2 N–H and O–H groups in total. The summed E-state index contributed by atoms with van der Waals surface area (Å²) in [6, 6.07) is 17.3. The van der Waals surface area contributed by atoms with Crippen LogP contribution in [0.4, 0.5) is 0 Å². The summed E-state index contributed by atoms with van der Waals surface area (Å²) >= 11 is 2.13.